The predicted octanol–water partition coefficient (Wildman–Crippen LogP) is 3.90. The molecule has 0 bridgehead atoms. The molecule has 1 N–H and O–H groups in total. The second-order valence-corrected chi connectivity index (χ2v) is 4.10. The number of halogens is 4. The highest BCUT2D eigenvalue weighted by atomic mass is 35.5. The average Bonchev–Trinajstić information content (AvgIpc) is 2.38. The third kappa shape index (κ3) is 3.51. The van der Waals surface area contributed by atoms with Gasteiger partial charge in [-0.15, -0.1) is 0 Å². The first kappa shape index (κ1) is 14.4. The fourth-order valence-electron chi connectivity index (χ4n) is 1.45. The van der Waals surface area contributed by atoms with Crippen molar-refractivity contribution in [2.75, 3.05) is 12.4 Å². The normalized spacial score (nSPS) is 11.2. The van der Waals surface area contributed by atoms with E-state index in [9.17, 15) is 13.2 Å². The van der Waals surface area contributed by atoms with Gasteiger partial charge in [0.15, 0.2) is 5.69 Å². The Morgan fingerprint density at radius 1 is 1.15 bits per heavy atom. The van der Waals surface area contributed by atoms with Gasteiger partial charge >= 0.3 is 6.18 Å². The zero-order chi connectivity index (χ0) is 14.8. The Kier molecular flexibility index (Phi) is 3.99. The van der Waals surface area contributed by atoms with Crippen molar-refractivity contribution in [1.82, 2.24) is 9.97 Å². The van der Waals surface area contributed by atoms with Crippen LogP contribution in [0.5, 0.6) is 5.75 Å². The first-order valence-corrected chi connectivity index (χ1v) is 5.79. The van der Waals surface area contributed by atoms with E-state index in [4.69, 9.17) is 16.3 Å². The molecule has 1 aromatic carbocycles. The van der Waals surface area contributed by atoms with E-state index in [0.717, 1.165) is 6.07 Å². The lowest BCUT2D eigenvalue weighted by Crippen LogP contribution is -2.10. The topological polar surface area (TPSA) is 47.0 Å². The minimum absolute atomic E-state index is 0.0394. The number of anilines is 2. The smallest absolute Gasteiger partial charge is 0.433 e. The van der Waals surface area contributed by atoms with Crippen LogP contribution in [0.15, 0.2) is 30.3 Å². The van der Waals surface area contributed by atoms with E-state index in [1.165, 1.54) is 7.11 Å². The second kappa shape index (κ2) is 5.54. The van der Waals surface area contributed by atoms with E-state index >= 15 is 0 Å². The number of methoxy groups -OCH3 is 1. The van der Waals surface area contributed by atoms with E-state index < -0.39 is 17.2 Å². The van der Waals surface area contributed by atoms with Gasteiger partial charge in [-0.25, -0.2) is 9.97 Å². The van der Waals surface area contributed by atoms with E-state index in [1.807, 2.05) is 0 Å². The molecule has 0 aliphatic carbocycles. The number of hydrogen-bond acceptors (Lipinski definition) is 4. The minimum Gasteiger partial charge on any atom is -0.497 e. The monoisotopic (exact) mass is 303 g/mol. The zero-order valence-electron chi connectivity index (χ0n) is 10.2. The molecule has 20 heavy (non-hydrogen) atoms. The number of alkyl halides is 3. The van der Waals surface area contributed by atoms with E-state index in [-0.39, 0.29) is 5.82 Å². The number of nitrogens with zero attached hydrogens (tertiary/aromatic N) is 2. The van der Waals surface area contributed by atoms with Crippen molar-refractivity contribution in [2.24, 2.45) is 0 Å². The number of nitrogens with one attached hydrogen (secondary N) is 1. The van der Waals surface area contributed by atoms with Crippen molar-refractivity contribution in [3.8, 4) is 5.75 Å². The van der Waals surface area contributed by atoms with Crippen molar-refractivity contribution in [2.45, 2.75) is 6.18 Å². The largest absolute Gasteiger partial charge is 0.497 e. The summed E-state index contributed by atoms with van der Waals surface area (Å²) in [6, 6.07) is 7.39. The number of aromatic nitrogens is 2. The summed E-state index contributed by atoms with van der Waals surface area (Å²) >= 11 is 5.49. The molecule has 0 amide bonds. The summed E-state index contributed by atoms with van der Waals surface area (Å²) in [5.41, 5.74) is -0.554. The summed E-state index contributed by atoms with van der Waals surface area (Å²) in [5, 5.41) is 2.24. The molecular formula is C12H9ClF3N3O. The third-order valence-electron chi connectivity index (χ3n) is 2.35. The van der Waals surface area contributed by atoms with Crippen LogP contribution in [-0.4, -0.2) is 17.1 Å². The Hall–Kier alpha value is -2.02. The molecule has 0 aliphatic rings. The van der Waals surface area contributed by atoms with Gasteiger partial charge in [0, 0.05) is 11.8 Å². The maximum absolute atomic E-state index is 12.6. The fourth-order valence-corrected chi connectivity index (χ4v) is 1.63. The molecule has 1 heterocycles. The summed E-state index contributed by atoms with van der Waals surface area (Å²) in [4.78, 5) is 6.84. The fraction of sp³-hybridized carbons (Fsp3) is 0.167. The quantitative estimate of drug-likeness (QED) is 0.874. The van der Waals surface area contributed by atoms with Gasteiger partial charge in [-0.3, -0.25) is 0 Å². The van der Waals surface area contributed by atoms with E-state index in [2.05, 4.69) is 15.3 Å². The summed E-state index contributed by atoms with van der Waals surface area (Å²) in [6.45, 7) is 0. The highest BCUT2D eigenvalue weighted by Gasteiger charge is 2.33. The van der Waals surface area contributed by atoms with Gasteiger partial charge in [0.1, 0.15) is 11.6 Å². The highest BCUT2D eigenvalue weighted by molar-refractivity contribution is 6.28. The number of benzene rings is 1. The molecule has 0 aliphatic heterocycles. The zero-order valence-corrected chi connectivity index (χ0v) is 11.0. The molecular weight excluding hydrogens is 295 g/mol. The maximum Gasteiger partial charge on any atom is 0.433 e. The Bertz CT molecular complexity index is 602. The lowest BCUT2D eigenvalue weighted by Gasteiger charge is -2.10. The second-order valence-electron chi connectivity index (χ2n) is 3.76. The van der Waals surface area contributed by atoms with E-state index in [1.54, 1.807) is 24.3 Å². The van der Waals surface area contributed by atoms with Crippen molar-refractivity contribution in [1.29, 1.82) is 0 Å². The molecule has 0 spiro atoms. The summed E-state index contributed by atoms with van der Waals surface area (Å²) in [7, 11) is 1.52. The molecule has 0 atom stereocenters. The molecule has 1 aromatic heterocycles. The Morgan fingerprint density at radius 2 is 1.80 bits per heavy atom. The van der Waals surface area contributed by atoms with E-state index in [0.29, 0.717) is 11.4 Å². The standard InChI is InChI=1S/C12H9ClF3N3O/c1-20-8-4-2-7(3-5-8)17-10-6-9(12(14,15)16)18-11(13)19-10/h2-6H,1H3,(H,17,18,19). The SMILES string of the molecule is COc1ccc(Nc2cc(C(F)(F)F)nc(Cl)n2)cc1. The lowest BCUT2D eigenvalue weighted by atomic mass is 10.3. The van der Waals surface area contributed by atoms with Crippen molar-refractivity contribution < 1.29 is 17.9 Å². The van der Waals surface area contributed by atoms with Crippen LogP contribution in [0.2, 0.25) is 5.28 Å². The summed E-state index contributed by atoms with van der Waals surface area (Å²) in [6.07, 6.45) is -4.58. The molecule has 0 saturated carbocycles. The number of hydrogen-bond donors (Lipinski definition) is 1. The first-order valence-electron chi connectivity index (χ1n) is 5.41. The van der Waals surface area contributed by atoms with Gasteiger partial charge in [-0.2, -0.15) is 13.2 Å². The number of rotatable bonds is 3. The van der Waals surface area contributed by atoms with Crippen LogP contribution < -0.4 is 10.1 Å². The third-order valence-corrected chi connectivity index (χ3v) is 2.52. The Labute approximate surface area is 117 Å². The van der Waals surface area contributed by atoms with Crippen LogP contribution in [0.4, 0.5) is 24.7 Å². The average molecular weight is 304 g/mol. The van der Waals surface area contributed by atoms with Gasteiger partial charge in [-0.1, -0.05) is 0 Å². The molecule has 106 valence electrons. The predicted molar refractivity (Wildman–Crippen MR) is 68.3 cm³/mol. The van der Waals surface area contributed by atoms with Crippen LogP contribution in [-0.2, 0) is 6.18 Å². The molecule has 0 unspecified atom stereocenters. The van der Waals surface area contributed by atoms with Crippen LogP contribution in [0, 0.1) is 0 Å². The van der Waals surface area contributed by atoms with Gasteiger partial charge in [-0.05, 0) is 35.9 Å². The molecule has 2 rings (SSSR count). The molecule has 4 nitrogen and oxygen atoms in total. The summed E-state index contributed by atoms with van der Waals surface area (Å²) < 4.78 is 42.8. The minimum atomic E-state index is -4.58. The van der Waals surface area contributed by atoms with Crippen LogP contribution >= 0.6 is 11.6 Å². The van der Waals surface area contributed by atoms with Gasteiger partial charge < -0.3 is 10.1 Å². The number of ether oxygens (including phenoxy) is 1. The first-order chi connectivity index (χ1) is 9.38. The van der Waals surface area contributed by atoms with Gasteiger partial charge in [0.05, 0.1) is 7.11 Å². The van der Waals surface area contributed by atoms with Crippen LogP contribution in [0.1, 0.15) is 5.69 Å². The summed E-state index contributed by atoms with van der Waals surface area (Å²) in [5.74, 6) is 0.592. The molecule has 0 radical (unpaired) electrons. The molecule has 2 aromatic rings. The van der Waals surface area contributed by atoms with Gasteiger partial charge in [0.25, 0.3) is 0 Å². The van der Waals surface area contributed by atoms with Crippen LogP contribution in [0.3, 0.4) is 0 Å². The molecule has 0 fully saturated rings. The van der Waals surface area contributed by atoms with Gasteiger partial charge in [0.2, 0.25) is 5.28 Å². The maximum atomic E-state index is 12.6. The molecule has 8 heteroatoms. The Balaban J connectivity index is 2.26. The van der Waals surface area contributed by atoms with Crippen LogP contribution in [0.25, 0.3) is 0 Å². The Morgan fingerprint density at radius 3 is 2.35 bits per heavy atom. The van der Waals surface area contributed by atoms with Crippen molar-refractivity contribution in [3.63, 3.8) is 0 Å². The van der Waals surface area contributed by atoms with Crippen molar-refractivity contribution >= 4 is 23.1 Å². The lowest BCUT2D eigenvalue weighted by molar-refractivity contribution is -0.141. The molecule has 0 saturated heterocycles. The highest BCUT2D eigenvalue weighted by Crippen LogP contribution is 2.30. The van der Waals surface area contributed by atoms with Crippen molar-refractivity contribution in [3.05, 3.63) is 41.3 Å².